The van der Waals surface area contributed by atoms with Crippen LogP contribution in [0.5, 0.6) is 0 Å². The molecule has 1 N–H and O–H groups in total. The van der Waals surface area contributed by atoms with Gasteiger partial charge in [0.1, 0.15) is 0 Å². The molecule has 0 amide bonds. The van der Waals surface area contributed by atoms with E-state index in [1.807, 2.05) is 0 Å². The van der Waals surface area contributed by atoms with Crippen molar-refractivity contribution in [2.45, 2.75) is 96.7 Å². The molecule has 0 aliphatic carbocycles. The van der Waals surface area contributed by atoms with Crippen LogP contribution in [0.2, 0.25) is 0 Å². The molecule has 29 heavy (non-hydrogen) atoms. The Morgan fingerprint density at radius 2 is 1.41 bits per heavy atom. The molecule has 0 saturated heterocycles. The molecule has 0 fully saturated rings. The van der Waals surface area contributed by atoms with E-state index < -0.39 is 26.2 Å². The van der Waals surface area contributed by atoms with Crippen molar-refractivity contribution in [2.24, 2.45) is 0 Å². The van der Waals surface area contributed by atoms with E-state index in [1.165, 1.54) is 45.4 Å². The van der Waals surface area contributed by atoms with Gasteiger partial charge in [-0.1, -0.05) is 71.3 Å². The summed E-state index contributed by atoms with van der Waals surface area (Å²) in [6.07, 6.45) is 11.0. The fraction of sp³-hybridized carbons (Fsp3) is 0.842. The number of hydrogen-bond donors (Lipinski definition) is 1. The Labute approximate surface area is 220 Å². The first kappa shape index (κ1) is 34.9. The van der Waals surface area contributed by atoms with Crippen LogP contribution in [0, 0.1) is 0 Å². The van der Waals surface area contributed by atoms with E-state index in [0.29, 0.717) is 6.42 Å². The van der Waals surface area contributed by atoms with Crippen LogP contribution >= 0.6 is 7.82 Å². The van der Waals surface area contributed by atoms with Gasteiger partial charge in [-0.05, 0) is 13.3 Å². The maximum Gasteiger partial charge on any atom is 1.00 e. The molecule has 0 bridgehead atoms. The molecule has 1 unspecified atom stereocenters. The monoisotopic (exact) mass is 452 g/mol. The van der Waals surface area contributed by atoms with Crippen molar-refractivity contribution < 1.29 is 92.6 Å². The van der Waals surface area contributed by atoms with Crippen LogP contribution in [0.4, 0.5) is 0 Å². The molecule has 0 heterocycles. The zero-order valence-corrected chi connectivity index (χ0v) is 23.6. The second-order valence-corrected chi connectivity index (χ2v) is 8.23. The molecule has 0 rings (SSSR count). The third-order valence-corrected chi connectivity index (χ3v) is 4.79. The molecule has 0 aromatic carbocycles. The predicted molar refractivity (Wildman–Crippen MR) is 100 cm³/mol. The van der Waals surface area contributed by atoms with Crippen LogP contribution < -0.4 is 68.9 Å². The molecular formula is C19H35Na2O7P. The number of hydrogen-bond acceptors (Lipinski definition) is 7. The predicted octanol–water partition coefficient (Wildman–Crippen LogP) is -2.65. The maximum absolute atomic E-state index is 11.7. The van der Waals surface area contributed by atoms with Crippen LogP contribution in [-0.4, -0.2) is 23.5 Å². The fourth-order valence-electron chi connectivity index (χ4n) is 2.69. The topological polar surface area (TPSA) is 119 Å². The Morgan fingerprint density at radius 3 is 1.83 bits per heavy atom. The number of rotatable bonds is 17. The van der Waals surface area contributed by atoms with E-state index in [2.05, 4.69) is 18.0 Å². The number of carbonyl (C=O) groups excluding carboxylic acids is 1. The summed E-state index contributed by atoms with van der Waals surface area (Å²) in [6.45, 7) is 6.56. The van der Waals surface area contributed by atoms with E-state index in [-0.39, 0.29) is 77.5 Å². The molecule has 0 spiro atoms. The molecule has 0 aliphatic rings. The first-order chi connectivity index (χ1) is 12.6. The van der Waals surface area contributed by atoms with Crippen LogP contribution in [0.25, 0.3) is 0 Å². The van der Waals surface area contributed by atoms with E-state index in [9.17, 15) is 24.3 Å². The minimum Gasteiger partial charge on any atom is -0.790 e. The standard InChI is InChI=1S/C19H37O7P.2Na/c1-4-5-6-7-8-9-10-11-12-13-14-19(21,26-18(20)17(2)3)15-16-25-27(22,23)24;;/h21H,2,4-16H2,1,3H3,(H2,22,23,24);;/q;2*+1/p-2. The molecule has 0 aliphatic heterocycles. The summed E-state index contributed by atoms with van der Waals surface area (Å²) >= 11 is 0. The fourth-order valence-corrected chi connectivity index (χ4v) is 3.01. The zero-order valence-electron chi connectivity index (χ0n) is 18.7. The van der Waals surface area contributed by atoms with Crippen molar-refractivity contribution in [1.82, 2.24) is 0 Å². The third kappa shape index (κ3) is 22.3. The molecule has 1 atom stereocenters. The summed E-state index contributed by atoms with van der Waals surface area (Å²) in [5.74, 6) is -2.64. The van der Waals surface area contributed by atoms with Gasteiger partial charge in [-0.15, -0.1) is 0 Å². The summed E-state index contributed by atoms with van der Waals surface area (Å²) in [6, 6.07) is 0. The van der Waals surface area contributed by atoms with Crippen molar-refractivity contribution in [2.75, 3.05) is 6.61 Å². The van der Waals surface area contributed by atoms with Crippen molar-refractivity contribution in [1.29, 1.82) is 0 Å². The van der Waals surface area contributed by atoms with Gasteiger partial charge in [0, 0.05) is 18.4 Å². The molecule has 10 heteroatoms. The maximum atomic E-state index is 11.7. The molecule has 0 saturated carbocycles. The summed E-state index contributed by atoms with van der Waals surface area (Å²) in [4.78, 5) is 32.8. The SMILES string of the molecule is C=C(C)C(=O)OC(O)(CCCCCCCCCCCC)CCOP(=O)([O-])[O-].[Na+].[Na+]. The number of carbonyl (C=O) groups is 1. The number of phosphoric ester groups is 1. The van der Waals surface area contributed by atoms with Gasteiger partial charge in [-0.25, -0.2) is 4.79 Å². The van der Waals surface area contributed by atoms with E-state index in [0.717, 1.165) is 19.3 Å². The third-order valence-electron chi connectivity index (χ3n) is 4.29. The number of unbranched alkanes of at least 4 members (excludes halogenated alkanes) is 9. The average Bonchev–Trinajstić information content (AvgIpc) is 2.55. The van der Waals surface area contributed by atoms with Crippen LogP contribution in [0.1, 0.15) is 90.9 Å². The second-order valence-electron chi connectivity index (χ2n) is 7.08. The number of phosphoric acid groups is 1. The number of esters is 1. The van der Waals surface area contributed by atoms with Gasteiger partial charge < -0.3 is 28.7 Å². The Balaban J connectivity index is -0.00000338. The van der Waals surface area contributed by atoms with Gasteiger partial charge in [0.05, 0.1) is 14.4 Å². The van der Waals surface area contributed by atoms with Gasteiger partial charge in [0.2, 0.25) is 5.79 Å². The van der Waals surface area contributed by atoms with Gasteiger partial charge in [0.15, 0.2) is 0 Å². The van der Waals surface area contributed by atoms with Crippen LogP contribution in [-0.2, 0) is 18.6 Å². The second kappa shape index (κ2) is 19.9. The van der Waals surface area contributed by atoms with Crippen LogP contribution in [0.15, 0.2) is 12.2 Å². The zero-order chi connectivity index (χ0) is 20.8. The largest absolute Gasteiger partial charge is 1.00 e. The summed E-state index contributed by atoms with van der Waals surface area (Å²) in [7, 11) is -5.13. The summed E-state index contributed by atoms with van der Waals surface area (Å²) < 4.78 is 19.7. The normalized spacial score (nSPS) is 13.0. The summed E-state index contributed by atoms with van der Waals surface area (Å²) in [5.41, 5.74) is 0.121. The quantitative estimate of drug-likeness (QED) is 0.0640. The van der Waals surface area contributed by atoms with Gasteiger partial charge >= 0.3 is 65.1 Å². The first-order valence-corrected chi connectivity index (χ1v) is 11.3. The van der Waals surface area contributed by atoms with E-state index in [4.69, 9.17) is 4.74 Å². The molecular weight excluding hydrogens is 417 g/mol. The average molecular weight is 452 g/mol. The van der Waals surface area contributed by atoms with E-state index in [1.54, 1.807) is 0 Å². The minimum atomic E-state index is -5.13. The smallest absolute Gasteiger partial charge is 0.790 e. The Kier molecular flexibility index (Phi) is 24.0. The van der Waals surface area contributed by atoms with Gasteiger partial charge in [-0.3, -0.25) is 0 Å². The molecule has 160 valence electrons. The first-order valence-electron chi connectivity index (χ1n) is 9.87. The molecule has 0 aromatic rings. The molecule has 0 aromatic heterocycles. The Morgan fingerprint density at radius 1 is 0.966 bits per heavy atom. The Bertz CT molecular complexity index is 485. The summed E-state index contributed by atoms with van der Waals surface area (Å²) in [5, 5.41) is 10.5. The van der Waals surface area contributed by atoms with Gasteiger partial charge in [-0.2, -0.15) is 0 Å². The molecule has 7 nitrogen and oxygen atoms in total. The van der Waals surface area contributed by atoms with Crippen molar-refractivity contribution >= 4 is 13.8 Å². The van der Waals surface area contributed by atoms with Gasteiger partial charge in [0.25, 0.3) is 0 Å². The minimum absolute atomic E-state index is 0. The van der Waals surface area contributed by atoms with Crippen molar-refractivity contribution in [3.05, 3.63) is 12.2 Å². The van der Waals surface area contributed by atoms with Crippen molar-refractivity contribution in [3.8, 4) is 0 Å². The van der Waals surface area contributed by atoms with E-state index >= 15 is 0 Å². The molecule has 0 radical (unpaired) electrons. The van der Waals surface area contributed by atoms with Crippen LogP contribution in [0.3, 0.4) is 0 Å². The number of ether oxygens (including phenoxy) is 1. The Hall–Kier alpha value is 1.28. The van der Waals surface area contributed by atoms with Crippen molar-refractivity contribution in [3.63, 3.8) is 0 Å². The number of aliphatic hydroxyl groups is 1.